The van der Waals surface area contributed by atoms with Gasteiger partial charge < -0.3 is 9.64 Å². The first kappa shape index (κ1) is 10.5. The van der Waals surface area contributed by atoms with Crippen molar-refractivity contribution in [2.75, 3.05) is 6.54 Å². The monoisotopic (exact) mass is 211 g/mol. The molecule has 4 heteroatoms. The Morgan fingerprint density at radius 2 is 2.13 bits per heavy atom. The molecule has 0 spiro atoms. The van der Waals surface area contributed by atoms with Crippen LogP contribution in [0.1, 0.15) is 33.6 Å². The van der Waals surface area contributed by atoms with E-state index in [0.717, 1.165) is 6.42 Å². The van der Waals surface area contributed by atoms with Gasteiger partial charge in [0.15, 0.2) is 0 Å². The van der Waals surface area contributed by atoms with E-state index in [1.807, 2.05) is 20.8 Å². The minimum absolute atomic E-state index is 0.0949. The van der Waals surface area contributed by atoms with Gasteiger partial charge in [0.25, 0.3) is 0 Å². The molecule has 2 atom stereocenters. The van der Waals surface area contributed by atoms with E-state index in [1.54, 1.807) is 4.90 Å². The Labute approximate surface area is 89.6 Å². The lowest BCUT2D eigenvalue weighted by atomic mass is 9.79. The van der Waals surface area contributed by atoms with Gasteiger partial charge in [-0.1, -0.05) is 0 Å². The number of rotatable bonds is 0. The maximum atomic E-state index is 11.7. The third-order valence-electron chi connectivity index (χ3n) is 3.00. The lowest BCUT2D eigenvalue weighted by Gasteiger charge is -2.35. The second-order valence-corrected chi connectivity index (χ2v) is 5.31. The van der Waals surface area contributed by atoms with Gasteiger partial charge in [0.2, 0.25) is 0 Å². The molecule has 1 saturated carbocycles. The molecule has 84 valence electrons. The summed E-state index contributed by atoms with van der Waals surface area (Å²) in [7, 11) is 0. The first-order chi connectivity index (χ1) is 6.88. The number of amides is 1. The smallest absolute Gasteiger partial charge is 0.410 e. The zero-order valence-electron chi connectivity index (χ0n) is 9.45. The summed E-state index contributed by atoms with van der Waals surface area (Å²) in [5.41, 5.74) is -0.455. The predicted octanol–water partition coefficient (Wildman–Crippen LogP) is 1.58. The summed E-state index contributed by atoms with van der Waals surface area (Å²) in [6, 6.07) is 0.118. The summed E-state index contributed by atoms with van der Waals surface area (Å²) in [5.74, 6) is 0.392. The highest BCUT2D eigenvalue weighted by Gasteiger charge is 2.50. The van der Waals surface area contributed by atoms with E-state index in [9.17, 15) is 9.59 Å². The highest BCUT2D eigenvalue weighted by molar-refractivity contribution is 5.90. The fraction of sp³-hybridized carbons (Fsp3) is 0.818. The summed E-state index contributed by atoms with van der Waals surface area (Å²) >= 11 is 0. The Morgan fingerprint density at radius 3 is 2.60 bits per heavy atom. The minimum atomic E-state index is -0.455. The molecule has 2 rings (SSSR count). The van der Waals surface area contributed by atoms with Crippen LogP contribution < -0.4 is 0 Å². The van der Waals surface area contributed by atoms with Crippen LogP contribution in [0, 0.1) is 5.92 Å². The van der Waals surface area contributed by atoms with Crippen molar-refractivity contribution in [3.05, 3.63) is 0 Å². The first-order valence-electron chi connectivity index (χ1n) is 5.41. The van der Waals surface area contributed by atoms with E-state index in [2.05, 4.69) is 0 Å². The van der Waals surface area contributed by atoms with Crippen molar-refractivity contribution in [1.29, 1.82) is 0 Å². The molecule has 0 radical (unpaired) electrons. The van der Waals surface area contributed by atoms with Crippen molar-refractivity contribution in [3.63, 3.8) is 0 Å². The maximum Gasteiger partial charge on any atom is 0.410 e. The van der Waals surface area contributed by atoms with Gasteiger partial charge in [0, 0.05) is 18.9 Å². The number of carbonyl (C=O) groups is 2. The lowest BCUT2D eigenvalue weighted by Crippen LogP contribution is -2.49. The molecule has 1 heterocycles. The van der Waals surface area contributed by atoms with Crippen molar-refractivity contribution < 1.29 is 14.3 Å². The maximum absolute atomic E-state index is 11.7. The van der Waals surface area contributed by atoms with Gasteiger partial charge in [-0.05, 0) is 27.2 Å². The van der Waals surface area contributed by atoms with Crippen molar-refractivity contribution in [2.45, 2.75) is 45.3 Å². The van der Waals surface area contributed by atoms with Gasteiger partial charge in [-0.3, -0.25) is 4.79 Å². The van der Waals surface area contributed by atoms with E-state index < -0.39 is 5.60 Å². The molecule has 1 aliphatic carbocycles. The normalized spacial score (nSPS) is 29.8. The van der Waals surface area contributed by atoms with Gasteiger partial charge in [-0.25, -0.2) is 4.79 Å². The van der Waals surface area contributed by atoms with Crippen LogP contribution in [-0.4, -0.2) is 35.0 Å². The van der Waals surface area contributed by atoms with Crippen LogP contribution in [0.15, 0.2) is 0 Å². The van der Waals surface area contributed by atoms with Gasteiger partial charge in [0.1, 0.15) is 11.4 Å². The van der Waals surface area contributed by atoms with Crippen molar-refractivity contribution in [2.24, 2.45) is 5.92 Å². The van der Waals surface area contributed by atoms with Crippen molar-refractivity contribution in [3.8, 4) is 0 Å². The van der Waals surface area contributed by atoms with Crippen molar-refractivity contribution >= 4 is 11.9 Å². The molecule has 2 aliphatic rings. The summed E-state index contributed by atoms with van der Waals surface area (Å²) in [6.45, 7) is 6.22. The molecule has 15 heavy (non-hydrogen) atoms. The Hall–Kier alpha value is -1.06. The van der Waals surface area contributed by atoms with Gasteiger partial charge in [-0.2, -0.15) is 0 Å². The van der Waals surface area contributed by atoms with E-state index in [1.165, 1.54) is 0 Å². The average molecular weight is 211 g/mol. The first-order valence-corrected chi connectivity index (χ1v) is 5.41. The van der Waals surface area contributed by atoms with E-state index in [4.69, 9.17) is 4.74 Å². The number of carbonyl (C=O) groups excluding carboxylic acids is 2. The second kappa shape index (κ2) is 3.22. The summed E-state index contributed by atoms with van der Waals surface area (Å²) in [4.78, 5) is 24.6. The molecule has 1 aliphatic heterocycles. The molecule has 2 unspecified atom stereocenters. The lowest BCUT2D eigenvalue weighted by molar-refractivity contribution is -0.131. The molecule has 0 aromatic carbocycles. The van der Waals surface area contributed by atoms with Gasteiger partial charge in [0.05, 0.1) is 6.04 Å². The molecular formula is C11H17NO3. The average Bonchev–Trinajstić information content (AvgIpc) is 2.38. The third kappa shape index (κ3) is 1.85. The molecule has 1 amide bonds. The molecule has 4 nitrogen and oxygen atoms in total. The Morgan fingerprint density at radius 1 is 1.47 bits per heavy atom. The molecule has 0 aromatic heterocycles. The standard InChI is InChI=1S/C11H17NO3/c1-11(2,3)15-10(14)12-5-4-7-8(12)6-9(7)13/h7-8H,4-6H2,1-3H3. The topological polar surface area (TPSA) is 46.6 Å². The van der Waals surface area contributed by atoms with Crippen LogP contribution in [-0.2, 0) is 9.53 Å². The third-order valence-corrected chi connectivity index (χ3v) is 3.00. The molecule has 0 N–H and O–H groups in total. The highest BCUT2D eigenvalue weighted by Crippen LogP contribution is 2.37. The van der Waals surface area contributed by atoms with E-state index in [0.29, 0.717) is 18.7 Å². The minimum Gasteiger partial charge on any atom is -0.444 e. The summed E-state index contributed by atoms with van der Waals surface area (Å²) in [5, 5.41) is 0. The molecule has 1 saturated heterocycles. The highest BCUT2D eigenvalue weighted by atomic mass is 16.6. The molecular weight excluding hydrogens is 194 g/mol. The SMILES string of the molecule is CC(C)(C)OC(=O)N1CCC2C(=O)CC21. The van der Waals surface area contributed by atoms with Crippen LogP contribution in [0.2, 0.25) is 0 Å². The number of Topliss-reactive ketones (excluding diaryl/α,β-unsaturated/α-hetero) is 1. The molecule has 0 aromatic rings. The van der Waals surface area contributed by atoms with E-state index in [-0.39, 0.29) is 18.1 Å². The van der Waals surface area contributed by atoms with Gasteiger partial charge in [-0.15, -0.1) is 0 Å². The number of ketones is 1. The fourth-order valence-corrected chi connectivity index (χ4v) is 2.23. The van der Waals surface area contributed by atoms with Crippen LogP contribution in [0.3, 0.4) is 0 Å². The Kier molecular flexibility index (Phi) is 2.24. The predicted molar refractivity (Wildman–Crippen MR) is 54.5 cm³/mol. The number of fused-ring (bicyclic) bond motifs is 1. The van der Waals surface area contributed by atoms with E-state index >= 15 is 0 Å². The van der Waals surface area contributed by atoms with Crippen molar-refractivity contribution in [1.82, 2.24) is 4.90 Å². The van der Waals surface area contributed by atoms with Crippen LogP contribution in [0.5, 0.6) is 0 Å². The Bertz CT molecular complexity index is 305. The second-order valence-electron chi connectivity index (χ2n) is 5.31. The zero-order valence-corrected chi connectivity index (χ0v) is 9.45. The number of hydrogen-bond acceptors (Lipinski definition) is 3. The summed E-state index contributed by atoms with van der Waals surface area (Å²) in [6.07, 6.45) is 1.05. The fourth-order valence-electron chi connectivity index (χ4n) is 2.23. The number of likely N-dealkylation sites (tertiary alicyclic amines) is 1. The zero-order chi connectivity index (χ0) is 11.2. The largest absolute Gasteiger partial charge is 0.444 e. The Balaban J connectivity index is 1.96. The van der Waals surface area contributed by atoms with Crippen LogP contribution in [0.4, 0.5) is 4.79 Å². The van der Waals surface area contributed by atoms with Crippen LogP contribution in [0.25, 0.3) is 0 Å². The number of hydrogen-bond donors (Lipinski definition) is 0. The molecule has 2 fully saturated rings. The number of ether oxygens (including phenoxy) is 1. The molecule has 0 bridgehead atoms. The van der Waals surface area contributed by atoms with Crippen LogP contribution >= 0.6 is 0 Å². The summed E-state index contributed by atoms with van der Waals surface area (Å²) < 4.78 is 5.29. The quantitative estimate of drug-likeness (QED) is 0.611. The number of nitrogens with zero attached hydrogens (tertiary/aromatic N) is 1. The van der Waals surface area contributed by atoms with Gasteiger partial charge >= 0.3 is 6.09 Å².